The third-order valence-electron chi connectivity index (χ3n) is 4.29. The number of ether oxygens (including phenoxy) is 1. The van der Waals surface area contributed by atoms with Gasteiger partial charge in [-0.25, -0.2) is 0 Å². The van der Waals surface area contributed by atoms with E-state index >= 15 is 0 Å². The molecule has 1 aromatic rings. The molecule has 0 radical (unpaired) electrons. The first-order chi connectivity index (χ1) is 12.1. The number of anilines is 1. The van der Waals surface area contributed by atoms with Gasteiger partial charge in [-0.15, -0.1) is 0 Å². The molecule has 0 bridgehead atoms. The summed E-state index contributed by atoms with van der Waals surface area (Å²) in [5.41, 5.74) is 1.83. The Morgan fingerprint density at radius 1 is 1.16 bits per heavy atom. The van der Waals surface area contributed by atoms with E-state index in [9.17, 15) is 14.4 Å². The third-order valence-corrected chi connectivity index (χ3v) is 4.29. The van der Waals surface area contributed by atoms with Crippen molar-refractivity contribution in [3.05, 3.63) is 29.8 Å². The molecule has 0 atom stereocenters. The number of methoxy groups -OCH3 is 1. The van der Waals surface area contributed by atoms with E-state index in [0.29, 0.717) is 25.8 Å². The highest BCUT2D eigenvalue weighted by Crippen LogP contribution is 2.21. The SMILES string of the molecule is COC(=O)CCCCCNC(=O)Cc1ccc(N2CCCC2=O)cc1. The minimum Gasteiger partial charge on any atom is -0.469 e. The number of rotatable bonds is 9. The van der Waals surface area contributed by atoms with Crippen LogP contribution >= 0.6 is 0 Å². The van der Waals surface area contributed by atoms with Gasteiger partial charge in [0.25, 0.3) is 0 Å². The molecule has 0 saturated carbocycles. The van der Waals surface area contributed by atoms with Gasteiger partial charge in [0.2, 0.25) is 11.8 Å². The number of unbranched alkanes of at least 4 members (excludes halogenated alkanes) is 2. The molecule has 0 spiro atoms. The van der Waals surface area contributed by atoms with Gasteiger partial charge >= 0.3 is 5.97 Å². The topological polar surface area (TPSA) is 75.7 Å². The van der Waals surface area contributed by atoms with Gasteiger partial charge in [-0.2, -0.15) is 0 Å². The Morgan fingerprint density at radius 3 is 2.56 bits per heavy atom. The molecule has 1 aliphatic heterocycles. The van der Waals surface area contributed by atoms with Crippen molar-refractivity contribution in [3.63, 3.8) is 0 Å². The highest BCUT2D eigenvalue weighted by atomic mass is 16.5. The lowest BCUT2D eigenvalue weighted by Gasteiger charge is -2.15. The van der Waals surface area contributed by atoms with Crippen molar-refractivity contribution < 1.29 is 19.1 Å². The largest absolute Gasteiger partial charge is 0.469 e. The van der Waals surface area contributed by atoms with Crippen molar-refractivity contribution in [1.29, 1.82) is 0 Å². The van der Waals surface area contributed by atoms with Gasteiger partial charge in [-0.1, -0.05) is 18.6 Å². The summed E-state index contributed by atoms with van der Waals surface area (Å²) in [4.78, 5) is 36.4. The monoisotopic (exact) mass is 346 g/mol. The van der Waals surface area contributed by atoms with Gasteiger partial charge in [-0.3, -0.25) is 14.4 Å². The van der Waals surface area contributed by atoms with E-state index in [1.54, 1.807) is 4.90 Å². The zero-order valence-electron chi connectivity index (χ0n) is 14.8. The van der Waals surface area contributed by atoms with Crippen molar-refractivity contribution >= 4 is 23.5 Å². The third kappa shape index (κ3) is 6.21. The Hall–Kier alpha value is -2.37. The summed E-state index contributed by atoms with van der Waals surface area (Å²) in [6.07, 6.45) is 4.78. The van der Waals surface area contributed by atoms with E-state index < -0.39 is 0 Å². The van der Waals surface area contributed by atoms with Crippen molar-refractivity contribution in [2.24, 2.45) is 0 Å². The van der Waals surface area contributed by atoms with Crippen LogP contribution in [-0.2, 0) is 25.5 Å². The van der Waals surface area contributed by atoms with Crippen LogP contribution in [-0.4, -0.2) is 38.0 Å². The Bertz CT molecular complexity index is 598. The molecule has 0 unspecified atom stereocenters. The van der Waals surface area contributed by atoms with Crippen LogP contribution in [0.15, 0.2) is 24.3 Å². The maximum absolute atomic E-state index is 11.9. The Labute approximate surface area is 148 Å². The first kappa shape index (κ1) is 19.0. The number of benzene rings is 1. The van der Waals surface area contributed by atoms with Crippen LogP contribution in [0.4, 0.5) is 5.69 Å². The standard InChI is InChI=1S/C19H26N2O4/c1-25-19(24)7-3-2-4-12-20-17(22)14-15-8-10-16(11-9-15)21-13-5-6-18(21)23/h8-11H,2-7,12-14H2,1H3,(H,20,22). The fourth-order valence-electron chi connectivity index (χ4n) is 2.86. The van der Waals surface area contributed by atoms with Crippen molar-refractivity contribution in [1.82, 2.24) is 5.32 Å². The molecule has 1 N–H and O–H groups in total. The lowest BCUT2D eigenvalue weighted by atomic mass is 10.1. The predicted molar refractivity (Wildman–Crippen MR) is 95.2 cm³/mol. The van der Waals surface area contributed by atoms with Gasteiger partial charge in [0, 0.05) is 31.6 Å². The second-order valence-corrected chi connectivity index (χ2v) is 6.23. The molecule has 2 amide bonds. The fourth-order valence-corrected chi connectivity index (χ4v) is 2.86. The Morgan fingerprint density at radius 2 is 1.92 bits per heavy atom. The molecule has 1 aliphatic rings. The summed E-state index contributed by atoms with van der Waals surface area (Å²) in [6.45, 7) is 1.38. The lowest BCUT2D eigenvalue weighted by molar-refractivity contribution is -0.140. The molecule has 1 heterocycles. The summed E-state index contributed by atoms with van der Waals surface area (Å²) in [5.74, 6) is -0.0428. The molecule has 6 heteroatoms. The van der Waals surface area contributed by atoms with Crippen LogP contribution < -0.4 is 10.2 Å². The number of amides is 2. The highest BCUT2D eigenvalue weighted by molar-refractivity contribution is 5.95. The molecule has 136 valence electrons. The van der Waals surface area contributed by atoms with Gasteiger partial charge in [0.15, 0.2) is 0 Å². The Kier molecular flexibility index (Phi) is 7.44. The number of carbonyl (C=O) groups is 3. The minimum atomic E-state index is -0.192. The molecule has 0 aliphatic carbocycles. The van der Waals surface area contributed by atoms with Gasteiger partial charge in [0.1, 0.15) is 0 Å². The van der Waals surface area contributed by atoms with Gasteiger partial charge in [0.05, 0.1) is 13.5 Å². The number of nitrogens with one attached hydrogen (secondary N) is 1. The highest BCUT2D eigenvalue weighted by Gasteiger charge is 2.21. The Balaban J connectivity index is 1.65. The van der Waals surface area contributed by atoms with Crippen LogP contribution in [0.25, 0.3) is 0 Å². The molecular weight excluding hydrogens is 320 g/mol. The molecule has 6 nitrogen and oxygen atoms in total. The van der Waals surface area contributed by atoms with Crippen LogP contribution in [0.3, 0.4) is 0 Å². The summed E-state index contributed by atoms with van der Waals surface area (Å²) in [6, 6.07) is 7.60. The normalized spacial score (nSPS) is 13.8. The average molecular weight is 346 g/mol. The van der Waals surface area contributed by atoms with Gasteiger partial charge in [-0.05, 0) is 37.0 Å². The molecule has 0 aromatic heterocycles. The zero-order valence-corrected chi connectivity index (χ0v) is 14.8. The maximum Gasteiger partial charge on any atom is 0.305 e. The average Bonchev–Trinajstić information content (AvgIpc) is 3.04. The van der Waals surface area contributed by atoms with Crippen LogP contribution in [0.5, 0.6) is 0 Å². The summed E-state index contributed by atoms with van der Waals surface area (Å²) in [5, 5.41) is 2.89. The summed E-state index contributed by atoms with van der Waals surface area (Å²) in [7, 11) is 1.39. The van der Waals surface area contributed by atoms with E-state index in [2.05, 4.69) is 10.1 Å². The van der Waals surface area contributed by atoms with E-state index in [4.69, 9.17) is 0 Å². The number of esters is 1. The molecular formula is C19H26N2O4. The van der Waals surface area contributed by atoms with Crippen molar-refractivity contribution in [3.8, 4) is 0 Å². The van der Waals surface area contributed by atoms with Crippen LogP contribution in [0.2, 0.25) is 0 Å². The molecule has 2 rings (SSSR count). The van der Waals surface area contributed by atoms with E-state index in [1.807, 2.05) is 24.3 Å². The second-order valence-electron chi connectivity index (χ2n) is 6.23. The second kappa shape index (κ2) is 9.81. The quantitative estimate of drug-likeness (QED) is 0.549. The molecule has 1 aromatic carbocycles. The number of hydrogen-bond acceptors (Lipinski definition) is 4. The van der Waals surface area contributed by atoms with Crippen molar-refractivity contribution in [2.45, 2.75) is 44.9 Å². The van der Waals surface area contributed by atoms with E-state index in [0.717, 1.165) is 43.5 Å². The first-order valence-electron chi connectivity index (χ1n) is 8.83. The number of carbonyl (C=O) groups excluding carboxylic acids is 3. The smallest absolute Gasteiger partial charge is 0.305 e. The number of nitrogens with zero attached hydrogens (tertiary/aromatic N) is 1. The zero-order chi connectivity index (χ0) is 18.1. The van der Waals surface area contributed by atoms with Crippen LogP contribution in [0, 0.1) is 0 Å². The first-order valence-corrected chi connectivity index (χ1v) is 8.83. The van der Waals surface area contributed by atoms with Gasteiger partial charge < -0.3 is 15.0 Å². The van der Waals surface area contributed by atoms with Crippen molar-refractivity contribution in [2.75, 3.05) is 25.1 Å². The summed E-state index contributed by atoms with van der Waals surface area (Å²) < 4.78 is 4.58. The fraction of sp³-hybridized carbons (Fsp3) is 0.526. The van der Waals surface area contributed by atoms with E-state index in [1.165, 1.54) is 7.11 Å². The maximum atomic E-state index is 11.9. The minimum absolute atomic E-state index is 0.0158. The van der Waals surface area contributed by atoms with E-state index in [-0.39, 0.29) is 17.8 Å². The lowest BCUT2D eigenvalue weighted by Crippen LogP contribution is -2.26. The summed E-state index contributed by atoms with van der Waals surface area (Å²) >= 11 is 0. The molecule has 25 heavy (non-hydrogen) atoms. The van der Waals surface area contributed by atoms with Crippen LogP contribution in [0.1, 0.15) is 44.1 Å². The predicted octanol–water partition coefficient (Wildman–Crippen LogP) is 2.21. The number of hydrogen-bond donors (Lipinski definition) is 1. The molecule has 1 saturated heterocycles. The molecule has 1 fully saturated rings.